The van der Waals surface area contributed by atoms with Gasteiger partial charge in [-0.2, -0.15) is 0 Å². The fourth-order valence-corrected chi connectivity index (χ4v) is 7.27. The quantitative estimate of drug-likeness (QED) is 0.227. The highest BCUT2D eigenvalue weighted by Crippen LogP contribution is 2.63. The van der Waals surface area contributed by atoms with E-state index < -0.39 is 0 Å². The monoisotopic (exact) mass is 482 g/mol. The summed E-state index contributed by atoms with van der Waals surface area (Å²) in [4.78, 5) is 0. The molecule has 7 aromatic rings. The third kappa shape index (κ3) is 2.33. The van der Waals surface area contributed by atoms with E-state index >= 15 is 0 Å². The van der Waals surface area contributed by atoms with Gasteiger partial charge in [0.2, 0.25) is 0 Å². The molecule has 0 fully saturated rings. The zero-order chi connectivity index (χ0) is 24.8. The van der Waals surface area contributed by atoms with Crippen LogP contribution in [0.25, 0.3) is 55.3 Å². The van der Waals surface area contributed by atoms with E-state index in [1.807, 2.05) is 0 Å². The Morgan fingerprint density at radius 2 is 0.947 bits per heavy atom. The number of benzene rings is 6. The van der Waals surface area contributed by atoms with Crippen LogP contribution in [-0.4, -0.2) is 0 Å². The van der Waals surface area contributed by atoms with Gasteiger partial charge in [0.1, 0.15) is 11.2 Å². The van der Waals surface area contributed by atoms with Crippen LogP contribution >= 0.6 is 0 Å². The normalized spacial score (nSPS) is 14.0. The van der Waals surface area contributed by atoms with Crippen molar-refractivity contribution >= 4 is 21.9 Å². The number of rotatable bonds is 1. The Hall–Kier alpha value is -4.88. The molecule has 2 aliphatic rings. The highest BCUT2D eigenvalue weighted by atomic mass is 16.3. The van der Waals surface area contributed by atoms with Crippen molar-refractivity contribution in [2.24, 2.45) is 0 Å². The van der Waals surface area contributed by atoms with Crippen LogP contribution in [0.2, 0.25) is 0 Å². The van der Waals surface area contributed by atoms with Crippen molar-refractivity contribution in [1.29, 1.82) is 0 Å². The first-order chi connectivity index (χ1) is 18.9. The molecule has 0 radical (unpaired) electrons. The maximum absolute atomic E-state index is 6.62. The van der Waals surface area contributed by atoms with Crippen molar-refractivity contribution in [3.63, 3.8) is 0 Å². The van der Waals surface area contributed by atoms with Gasteiger partial charge in [-0.25, -0.2) is 0 Å². The minimum absolute atomic E-state index is 0.353. The van der Waals surface area contributed by atoms with E-state index in [9.17, 15) is 0 Å². The molecular formula is C37H22O. The molecule has 0 atom stereocenters. The summed E-state index contributed by atoms with van der Waals surface area (Å²) in [5.74, 6) is 0. The number of hydrogen-bond acceptors (Lipinski definition) is 1. The molecule has 1 aromatic heterocycles. The Labute approximate surface area is 220 Å². The summed E-state index contributed by atoms with van der Waals surface area (Å²) < 4.78 is 6.62. The highest BCUT2D eigenvalue weighted by Gasteiger charge is 2.51. The van der Waals surface area contributed by atoms with Crippen molar-refractivity contribution in [1.82, 2.24) is 0 Å². The summed E-state index contributed by atoms with van der Waals surface area (Å²) in [6.45, 7) is 0. The van der Waals surface area contributed by atoms with E-state index in [0.717, 1.165) is 11.2 Å². The second-order valence-electron chi connectivity index (χ2n) is 10.4. The first-order valence-corrected chi connectivity index (χ1v) is 13.2. The minimum Gasteiger partial charge on any atom is -0.456 e. The van der Waals surface area contributed by atoms with Crippen molar-refractivity contribution < 1.29 is 4.42 Å². The van der Waals surface area contributed by atoms with Crippen LogP contribution in [0.4, 0.5) is 0 Å². The van der Waals surface area contributed by atoms with E-state index in [2.05, 4.69) is 133 Å². The molecule has 0 saturated carbocycles. The van der Waals surface area contributed by atoms with Gasteiger partial charge in [0.05, 0.1) is 5.41 Å². The molecule has 0 N–H and O–H groups in total. The lowest BCUT2D eigenvalue weighted by Gasteiger charge is -2.30. The van der Waals surface area contributed by atoms with Gasteiger partial charge < -0.3 is 4.42 Å². The summed E-state index contributed by atoms with van der Waals surface area (Å²) in [6.07, 6.45) is 0. The molecule has 38 heavy (non-hydrogen) atoms. The van der Waals surface area contributed by atoms with E-state index in [-0.39, 0.29) is 5.41 Å². The largest absolute Gasteiger partial charge is 0.456 e. The fraction of sp³-hybridized carbons (Fsp3) is 0.0270. The molecule has 0 amide bonds. The SMILES string of the molecule is c1ccc(-c2cccc3oc4cc5c(cc4c23)-c2ccccc2C52c3ccccc3-c3ccccc32)cc1. The van der Waals surface area contributed by atoms with E-state index in [4.69, 9.17) is 4.42 Å². The molecular weight excluding hydrogens is 460 g/mol. The van der Waals surface area contributed by atoms with Gasteiger partial charge in [-0.15, -0.1) is 0 Å². The minimum atomic E-state index is -0.353. The Morgan fingerprint density at radius 1 is 0.395 bits per heavy atom. The third-order valence-corrected chi connectivity index (χ3v) is 8.70. The summed E-state index contributed by atoms with van der Waals surface area (Å²) in [6, 6.07) is 48.6. The first kappa shape index (κ1) is 20.2. The molecule has 1 spiro atoms. The molecule has 0 aliphatic heterocycles. The molecule has 176 valence electrons. The van der Waals surface area contributed by atoms with E-state index in [1.165, 1.54) is 66.4 Å². The zero-order valence-electron chi connectivity index (χ0n) is 20.6. The summed E-state index contributed by atoms with van der Waals surface area (Å²) in [5, 5.41) is 2.35. The molecule has 0 saturated heterocycles. The van der Waals surface area contributed by atoms with E-state index in [1.54, 1.807) is 0 Å². The van der Waals surface area contributed by atoms with Crippen molar-refractivity contribution in [2.75, 3.05) is 0 Å². The van der Waals surface area contributed by atoms with Crippen molar-refractivity contribution in [3.8, 4) is 33.4 Å². The molecule has 9 rings (SSSR count). The predicted molar refractivity (Wildman–Crippen MR) is 155 cm³/mol. The first-order valence-electron chi connectivity index (χ1n) is 13.2. The molecule has 1 nitrogen and oxygen atoms in total. The average molecular weight is 483 g/mol. The Bertz CT molecular complexity index is 2030. The van der Waals surface area contributed by atoms with Gasteiger partial charge in [0.15, 0.2) is 0 Å². The van der Waals surface area contributed by atoms with E-state index in [0.29, 0.717) is 0 Å². The number of hydrogen-bond donors (Lipinski definition) is 0. The van der Waals surface area contributed by atoms with Crippen LogP contribution in [0.5, 0.6) is 0 Å². The molecule has 6 aromatic carbocycles. The summed E-state index contributed by atoms with van der Waals surface area (Å²) in [7, 11) is 0. The maximum atomic E-state index is 6.62. The molecule has 0 unspecified atom stereocenters. The van der Waals surface area contributed by atoms with Crippen LogP contribution < -0.4 is 0 Å². The molecule has 2 aliphatic carbocycles. The van der Waals surface area contributed by atoms with Crippen LogP contribution in [0.3, 0.4) is 0 Å². The van der Waals surface area contributed by atoms with Gasteiger partial charge in [-0.05, 0) is 73.8 Å². The van der Waals surface area contributed by atoms with Crippen LogP contribution in [0, 0.1) is 0 Å². The van der Waals surface area contributed by atoms with Crippen LogP contribution in [0.15, 0.2) is 138 Å². The predicted octanol–water partition coefficient (Wildman–Crippen LogP) is 9.60. The van der Waals surface area contributed by atoms with Gasteiger partial charge in [0, 0.05) is 10.8 Å². The van der Waals surface area contributed by atoms with Gasteiger partial charge >= 0.3 is 0 Å². The van der Waals surface area contributed by atoms with Crippen molar-refractivity contribution in [2.45, 2.75) is 5.41 Å². The van der Waals surface area contributed by atoms with Gasteiger partial charge in [-0.1, -0.05) is 115 Å². The van der Waals surface area contributed by atoms with Crippen LogP contribution in [0.1, 0.15) is 22.3 Å². The smallest absolute Gasteiger partial charge is 0.136 e. The zero-order valence-corrected chi connectivity index (χ0v) is 20.6. The van der Waals surface area contributed by atoms with Crippen molar-refractivity contribution in [3.05, 3.63) is 156 Å². The summed E-state index contributed by atoms with van der Waals surface area (Å²) >= 11 is 0. The highest BCUT2D eigenvalue weighted by molar-refractivity contribution is 6.14. The Balaban J connectivity index is 1.44. The number of furan rings is 1. The second-order valence-corrected chi connectivity index (χ2v) is 10.4. The average Bonchev–Trinajstić information content (AvgIpc) is 3.60. The van der Waals surface area contributed by atoms with Crippen LogP contribution in [-0.2, 0) is 5.41 Å². The van der Waals surface area contributed by atoms with Gasteiger partial charge in [0.25, 0.3) is 0 Å². The third-order valence-electron chi connectivity index (χ3n) is 8.70. The fourth-order valence-electron chi connectivity index (χ4n) is 7.27. The van der Waals surface area contributed by atoms with Gasteiger partial charge in [-0.3, -0.25) is 0 Å². The standard InChI is InChI=1S/C37H22O/c1-2-11-23(12-3-1)24-16-10-20-34-36(24)29-21-28-27-15-6-9-19-32(27)37(33(28)22-35(29)38-34)30-17-7-4-13-25(30)26-14-5-8-18-31(26)37/h1-22H. The maximum Gasteiger partial charge on any atom is 0.136 e. The lowest BCUT2D eigenvalue weighted by molar-refractivity contribution is 0.666. The number of fused-ring (bicyclic) bond motifs is 13. The molecule has 1 heterocycles. The lowest BCUT2D eigenvalue weighted by Crippen LogP contribution is -2.25. The summed E-state index contributed by atoms with van der Waals surface area (Å²) in [5.41, 5.74) is 14.6. The Morgan fingerprint density at radius 3 is 1.61 bits per heavy atom. The second kappa shape index (κ2) is 7.12. The lowest BCUT2D eigenvalue weighted by atomic mass is 9.70. The molecule has 0 bridgehead atoms. The topological polar surface area (TPSA) is 13.1 Å². The Kier molecular flexibility index (Phi) is 3.78. The molecule has 1 heteroatoms.